The molecule has 2 aromatic rings. The van der Waals surface area contributed by atoms with Crippen LogP contribution in [0.4, 0.5) is 13.2 Å². The van der Waals surface area contributed by atoms with Gasteiger partial charge < -0.3 is 0 Å². The summed E-state index contributed by atoms with van der Waals surface area (Å²) < 4.78 is 39.4. The SMILES string of the molecule is Cc1ccnc(-n2[nH]c(C(F)(F)F)c(C)c2=S)c1. The zero-order valence-corrected chi connectivity index (χ0v) is 10.5. The number of hydrogen-bond acceptors (Lipinski definition) is 2. The minimum atomic E-state index is -4.45. The van der Waals surface area contributed by atoms with E-state index in [1.807, 2.05) is 6.92 Å². The quantitative estimate of drug-likeness (QED) is 0.806. The van der Waals surface area contributed by atoms with E-state index in [0.29, 0.717) is 5.82 Å². The molecule has 0 radical (unpaired) electrons. The molecule has 2 rings (SSSR count). The van der Waals surface area contributed by atoms with E-state index < -0.39 is 11.9 Å². The van der Waals surface area contributed by atoms with Gasteiger partial charge in [-0.3, -0.25) is 5.10 Å². The molecule has 0 saturated carbocycles. The smallest absolute Gasteiger partial charge is 0.287 e. The van der Waals surface area contributed by atoms with E-state index in [0.717, 1.165) is 5.56 Å². The maximum absolute atomic E-state index is 12.7. The van der Waals surface area contributed by atoms with Crippen LogP contribution < -0.4 is 0 Å². The first kappa shape index (κ1) is 12.8. The zero-order chi connectivity index (χ0) is 13.5. The van der Waals surface area contributed by atoms with Crippen molar-refractivity contribution < 1.29 is 13.2 Å². The van der Waals surface area contributed by atoms with Gasteiger partial charge in [-0.2, -0.15) is 13.2 Å². The molecule has 0 atom stereocenters. The second-order valence-electron chi connectivity index (χ2n) is 3.94. The first-order chi connectivity index (χ1) is 8.30. The molecule has 18 heavy (non-hydrogen) atoms. The van der Waals surface area contributed by atoms with Crippen LogP contribution in [0.25, 0.3) is 5.82 Å². The average molecular weight is 273 g/mol. The van der Waals surface area contributed by atoms with E-state index in [4.69, 9.17) is 12.2 Å². The molecule has 3 nitrogen and oxygen atoms in total. The van der Waals surface area contributed by atoms with Gasteiger partial charge in [0.15, 0.2) is 5.82 Å². The van der Waals surface area contributed by atoms with Crippen molar-refractivity contribution in [3.8, 4) is 5.82 Å². The lowest BCUT2D eigenvalue weighted by molar-refractivity contribution is -0.141. The summed E-state index contributed by atoms with van der Waals surface area (Å²) in [6.45, 7) is 3.17. The number of nitrogens with zero attached hydrogens (tertiary/aromatic N) is 2. The average Bonchev–Trinajstić information content (AvgIpc) is 2.55. The third-order valence-electron chi connectivity index (χ3n) is 2.54. The molecule has 2 aromatic heterocycles. The van der Waals surface area contributed by atoms with Crippen LogP contribution in [0.2, 0.25) is 0 Å². The van der Waals surface area contributed by atoms with Crippen molar-refractivity contribution in [1.29, 1.82) is 0 Å². The Labute approximate surface area is 106 Å². The van der Waals surface area contributed by atoms with E-state index >= 15 is 0 Å². The minimum absolute atomic E-state index is 0.000746. The fourth-order valence-electron chi connectivity index (χ4n) is 1.60. The van der Waals surface area contributed by atoms with Gasteiger partial charge in [0.1, 0.15) is 10.3 Å². The Kier molecular flexibility index (Phi) is 3.02. The Hall–Kier alpha value is -1.63. The first-order valence-electron chi connectivity index (χ1n) is 5.12. The zero-order valence-electron chi connectivity index (χ0n) is 9.67. The van der Waals surface area contributed by atoms with Crippen molar-refractivity contribution in [1.82, 2.24) is 14.8 Å². The van der Waals surface area contributed by atoms with Crippen LogP contribution in [0.1, 0.15) is 16.8 Å². The molecule has 0 aromatic carbocycles. The van der Waals surface area contributed by atoms with Crippen LogP contribution in [0.5, 0.6) is 0 Å². The molecule has 0 bridgehead atoms. The second kappa shape index (κ2) is 4.24. The van der Waals surface area contributed by atoms with Crippen LogP contribution in [0, 0.1) is 18.5 Å². The number of aromatic nitrogens is 3. The molecule has 1 N–H and O–H groups in total. The molecule has 0 fully saturated rings. The maximum atomic E-state index is 12.7. The molecule has 96 valence electrons. The summed E-state index contributed by atoms with van der Waals surface area (Å²) in [5.74, 6) is 0.346. The number of pyridine rings is 1. The highest BCUT2D eigenvalue weighted by Crippen LogP contribution is 2.31. The van der Waals surface area contributed by atoms with Crippen molar-refractivity contribution in [2.45, 2.75) is 20.0 Å². The molecular weight excluding hydrogens is 263 g/mol. The molecule has 0 saturated heterocycles. The van der Waals surface area contributed by atoms with Gasteiger partial charge in [-0.25, -0.2) is 9.67 Å². The maximum Gasteiger partial charge on any atom is 0.433 e. The summed E-state index contributed by atoms with van der Waals surface area (Å²) >= 11 is 5.00. The highest BCUT2D eigenvalue weighted by atomic mass is 32.1. The molecule has 0 amide bonds. The Morgan fingerprint density at radius 2 is 2.00 bits per heavy atom. The Balaban J connectivity index is 2.64. The van der Waals surface area contributed by atoms with Crippen LogP contribution in [0.3, 0.4) is 0 Å². The first-order valence-corrected chi connectivity index (χ1v) is 5.53. The molecular formula is C11H10F3N3S. The summed E-state index contributed by atoms with van der Waals surface area (Å²) in [5, 5.41) is 2.26. The normalized spacial score (nSPS) is 11.8. The minimum Gasteiger partial charge on any atom is -0.287 e. The highest BCUT2D eigenvalue weighted by Gasteiger charge is 2.35. The van der Waals surface area contributed by atoms with Gasteiger partial charge in [0, 0.05) is 11.8 Å². The van der Waals surface area contributed by atoms with Gasteiger partial charge in [-0.1, -0.05) is 12.2 Å². The van der Waals surface area contributed by atoms with E-state index in [1.165, 1.54) is 17.8 Å². The van der Waals surface area contributed by atoms with E-state index in [-0.39, 0.29) is 10.2 Å². The number of nitrogens with one attached hydrogen (secondary N) is 1. The Morgan fingerprint density at radius 1 is 1.33 bits per heavy atom. The van der Waals surface area contributed by atoms with Crippen LogP contribution >= 0.6 is 12.2 Å². The Morgan fingerprint density at radius 3 is 2.50 bits per heavy atom. The van der Waals surface area contributed by atoms with E-state index in [9.17, 15) is 13.2 Å². The number of aryl methyl sites for hydroxylation is 1. The summed E-state index contributed by atoms with van der Waals surface area (Å²) in [6.07, 6.45) is -2.93. The van der Waals surface area contributed by atoms with Gasteiger partial charge in [0.25, 0.3) is 0 Å². The molecule has 2 heterocycles. The molecule has 0 aliphatic carbocycles. The number of rotatable bonds is 1. The lowest BCUT2D eigenvalue weighted by atomic mass is 10.3. The molecule has 0 aliphatic heterocycles. The summed E-state index contributed by atoms with van der Waals surface area (Å²) in [6, 6.07) is 3.42. The van der Waals surface area contributed by atoms with Crippen LogP contribution in [-0.4, -0.2) is 14.8 Å². The fourth-order valence-corrected chi connectivity index (χ4v) is 1.84. The summed E-state index contributed by atoms with van der Waals surface area (Å²) in [5.41, 5.74) is 0.0549. The molecule has 0 aliphatic rings. The molecule has 0 unspecified atom stereocenters. The second-order valence-corrected chi connectivity index (χ2v) is 4.33. The van der Waals surface area contributed by atoms with Gasteiger partial charge in [0.05, 0.1) is 0 Å². The van der Waals surface area contributed by atoms with E-state index in [1.54, 1.807) is 12.1 Å². The third kappa shape index (κ3) is 2.17. The molecule has 7 heteroatoms. The van der Waals surface area contributed by atoms with Crippen LogP contribution in [-0.2, 0) is 6.18 Å². The molecule has 0 spiro atoms. The van der Waals surface area contributed by atoms with Crippen molar-refractivity contribution in [3.63, 3.8) is 0 Å². The lowest BCUT2D eigenvalue weighted by Crippen LogP contribution is -2.09. The van der Waals surface area contributed by atoms with Crippen molar-refractivity contribution in [2.75, 3.05) is 0 Å². The van der Waals surface area contributed by atoms with Gasteiger partial charge >= 0.3 is 6.18 Å². The number of H-pyrrole nitrogens is 1. The van der Waals surface area contributed by atoms with Crippen LogP contribution in [0.15, 0.2) is 18.3 Å². The monoisotopic (exact) mass is 273 g/mol. The van der Waals surface area contributed by atoms with Gasteiger partial charge in [-0.05, 0) is 31.5 Å². The third-order valence-corrected chi connectivity index (χ3v) is 3.02. The number of halogens is 3. The Bertz CT molecular complexity index is 640. The largest absolute Gasteiger partial charge is 0.433 e. The summed E-state index contributed by atoms with van der Waals surface area (Å²) in [4.78, 5) is 4.00. The van der Waals surface area contributed by atoms with E-state index in [2.05, 4.69) is 10.1 Å². The lowest BCUT2D eigenvalue weighted by Gasteiger charge is -2.05. The van der Waals surface area contributed by atoms with Crippen molar-refractivity contribution >= 4 is 12.2 Å². The van der Waals surface area contributed by atoms with Crippen molar-refractivity contribution in [3.05, 3.63) is 39.8 Å². The topological polar surface area (TPSA) is 33.6 Å². The number of alkyl halides is 3. The number of aromatic amines is 1. The predicted octanol–water partition coefficient (Wildman–Crippen LogP) is 3.57. The van der Waals surface area contributed by atoms with Gasteiger partial charge in [-0.15, -0.1) is 0 Å². The fraction of sp³-hybridized carbons (Fsp3) is 0.273. The van der Waals surface area contributed by atoms with Crippen molar-refractivity contribution in [2.24, 2.45) is 0 Å². The highest BCUT2D eigenvalue weighted by molar-refractivity contribution is 7.71. The standard InChI is InChI=1S/C11H10F3N3S/c1-6-3-4-15-8(5-6)17-10(18)7(2)9(16-17)11(12,13)14/h3-5,16H,1-2H3. The summed E-state index contributed by atoms with van der Waals surface area (Å²) in [7, 11) is 0. The number of hydrogen-bond donors (Lipinski definition) is 1. The van der Waals surface area contributed by atoms with Gasteiger partial charge in [0.2, 0.25) is 0 Å². The predicted molar refractivity (Wildman–Crippen MR) is 63.2 cm³/mol.